The lowest BCUT2D eigenvalue weighted by Crippen LogP contribution is -2.41. The number of nitrogens with zero attached hydrogens (tertiary/aromatic N) is 1. The molecule has 31 heavy (non-hydrogen) atoms. The lowest BCUT2D eigenvalue weighted by atomic mass is 10.2. The number of methoxy groups -OCH3 is 1. The van der Waals surface area contributed by atoms with Crippen molar-refractivity contribution < 1.29 is 23.8 Å². The van der Waals surface area contributed by atoms with Crippen LogP contribution in [0, 0.1) is 0 Å². The number of hydrogen-bond donors (Lipinski definition) is 1. The second kappa shape index (κ2) is 10.7. The number of hydrogen-bond acceptors (Lipinski definition) is 5. The Kier molecular flexibility index (Phi) is 7.76. The van der Waals surface area contributed by atoms with Crippen LogP contribution in [0.1, 0.15) is 42.6 Å². The fourth-order valence-electron chi connectivity index (χ4n) is 3.29. The van der Waals surface area contributed by atoms with Gasteiger partial charge in [-0.05, 0) is 62.6 Å². The van der Waals surface area contributed by atoms with E-state index in [4.69, 9.17) is 14.2 Å². The number of carbonyl (C=O) groups is 2. The number of rotatable bonds is 11. The fraction of sp³-hybridized carbons (Fsp3) is 0.417. The molecule has 1 fully saturated rings. The van der Waals surface area contributed by atoms with Crippen molar-refractivity contribution in [2.24, 2.45) is 0 Å². The van der Waals surface area contributed by atoms with Crippen molar-refractivity contribution in [2.45, 2.75) is 39.3 Å². The Labute approximate surface area is 183 Å². The van der Waals surface area contributed by atoms with E-state index in [1.807, 2.05) is 43.0 Å². The summed E-state index contributed by atoms with van der Waals surface area (Å²) >= 11 is 0. The molecule has 1 saturated carbocycles. The maximum absolute atomic E-state index is 12.8. The average Bonchev–Trinajstić information content (AvgIpc) is 3.62. The molecule has 7 heteroatoms. The van der Waals surface area contributed by atoms with Gasteiger partial charge < -0.3 is 24.4 Å². The SMILES string of the molecule is CCOc1ccc(C(=O)NCC(=O)N(Cc2ccc(OC)cc2)C2CC2)cc1OCC. The summed E-state index contributed by atoms with van der Waals surface area (Å²) in [6.45, 7) is 5.19. The van der Waals surface area contributed by atoms with E-state index in [1.54, 1.807) is 25.3 Å². The van der Waals surface area contributed by atoms with Gasteiger partial charge in [0.2, 0.25) is 5.91 Å². The average molecular weight is 427 g/mol. The second-order valence-corrected chi connectivity index (χ2v) is 7.31. The molecule has 1 N–H and O–H groups in total. The summed E-state index contributed by atoms with van der Waals surface area (Å²) in [6.07, 6.45) is 1.99. The first-order valence-electron chi connectivity index (χ1n) is 10.7. The molecule has 3 rings (SSSR count). The Morgan fingerprint density at radius 2 is 1.68 bits per heavy atom. The van der Waals surface area contributed by atoms with Gasteiger partial charge in [0.15, 0.2) is 11.5 Å². The minimum absolute atomic E-state index is 0.0529. The van der Waals surface area contributed by atoms with E-state index in [-0.39, 0.29) is 24.4 Å². The monoisotopic (exact) mass is 426 g/mol. The van der Waals surface area contributed by atoms with Crippen LogP contribution in [0.4, 0.5) is 0 Å². The Hall–Kier alpha value is -3.22. The van der Waals surface area contributed by atoms with Crippen molar-refractivity contribution in [2.75, 3.05) is 26.9 Å². The molecule has 7 nitrogen and oxygen atoms in total. The van der Waals surface area contributed by atoms with Gasteiger partial charge in [-0.25, -0.2) is 0 Å². The molecule has 0 radical (unpaired) electrons. The number of benzene rings is 2. The summed E-state index contributed by atoms with van der Waals surface area (Å²) < 4.78 is 16.3. The van der Waals surface area contributed by atoms with Crippen molar-refractivity contribution in [1.29, 1.82) is 0 Å². The molecule has 0 heterocycles. The summed E-state index contributed by atoms with van der Waals surface area (Å²) in [7, 11) is 1.62. The van der Waals surface area contributed by atoms with E-state index < -0.39 is 0 Å². The molecular weight excluding hydrogens is 396 g/mol. The third kappa shape index (κ3) is 6.13. The summed E-state index contributed by atoms with van der Waals surface area (Å²) in [5, 5.41) is 2.74. The summed E-state index contributed by atoms with van der Waals surface area (Å²) in [4.78, 5) is 27.3. The first kappa shape index (κ1) is 22.5. The maximum Gasteiger partial charge on any atom is 0.251 e. The normalized spacial score (nSPS) is 12.7. The van der Waals surface area contributed by atoms with Gasteiger partial charge in [0.25, 0.3) is 5.91 Å². The lowest BCUT2D eigenvalue weighted by Gasteiger charge is -2.23. The largest absolute Gasteiger partial charge is 0.497 e. The molecule has 166 valence electrons. The Morgan fingerprint density at radius 3 is 2.29 bits per heavy atom. The number of carbonyl (C=O) groups excluding carboxylic acids is 2. The van der Waals surface area contributed by atoms with Crippen molar-refractivity contribution in [3.63, 3.8) is 0 Å². The van der Waals surface area contributed by atoms with Crippen LogP contribution in [-0.4, -0.2) is 49.6 Å². The lowest BCUT2D eigenvalue weighted by molar-refractivity contribution is -0.131. The molecular formula is C24H30N2O5. The number of ether oxygens (including phenoxy) is 3. The Bertz CT molecular complexity index is 893. The smallest absolute Gasteiger partial charge is 0.251 e. The van der Waals surface area contributed by atoms with Crippen LogP contribution in [0.3, 0.4) is 0 Å². The first-order valence-corrected chi connectivity index (χ1v) is 10.7. The molecule has 0 aliphatic heterocycles. The molecule has 0 spiro atoms. The van der Waals surface area contributed by atoms with E-state index in [0.717, 1.165) is 24.2 Å². The second-order valence-electron chi connectivity index (χ2n) is 7.31. The van der Waals surface area contributed by atoms with Gasteiger partial charge in [-0.15, -0.1) is 0 Å². The van der Waals surface area contributed by atoms with Gasteiger partial charge in [-0.1, -0.05) is 12.1 Å². The summed E-state index contributed by atoms with van der Waals surface area (Å²) in [6, 6.07) is 12.9. The number of amides is 2. The molecule has 0 bridgehead atoms. The predicted octanol–water partition coefficient (Wildman–Crippen LogP) is 3.41. The zero-order valence-corrected chi connectivity index (χ0v) is 18.3. The Balaban J connectivity index is 1.61. The standard InChI is InChI=1S/C24H30N2O5/c1-4-30-21-13-8-18(14-22(21)31-5-2)24(28)25-15-23(27)26(19-9-10-19)16-17-6-11-20(29-3)12-7-17/h6-8,11-14,19H,4-5,9-10,15-16H2,1-3H3,(H,25,28). The van der Waals surface area contributed by atoms with E-state index >= 15 is 0 Å². The minimum Gasteiger partial charge on any atom is -0.497 e. The highest BCUT2D eigenvalue weighted by molar-refractivity contribution is 5.97. The van der Waals surface area contributed by atoms with Gasteiger partial charge in [-0.3, -0.25) is 9.59 Å². The highest BCUT2D eigenvalue weighted by Crippen LogP contribution is 2.30. The van der Waals surface area contributed by atoms with E-state index in [2.05, 4.69) is 5.32 Å². The van der Waals surface area contributed by atoms with Crippen molar-refractivity contribution in [3.8, 4) is 17.2 Å². The van der Waals surface area contributed by atoms with Crippen LogP contribution in [0.15, 0.2) is 42.5 Å². The van der Waals surface area contributed by atoms with Crippen LogP contribution in [0.2, 0.25) is 0 Å². The summed E-state index contributed by atoms with van der Waals surface area (Å²) in [5.41, 5.74) is 1.45. The molecule has 0 saturated heterocycles. The topological polar surface area (TPSA) is 77.1 Å². The highest BCUT2D eigenvalue weighted by Gasteiger charge is 2.32. The van der Waals surface area contributed by atoms with Crippen LogP contribution in [0.25, 0.3) is 0 Å². The van der Waals surface area contributed by atoms with Crippen LogP contribution < -0.4 is 19.5 Å². The summed E-state index contributed by atoms with van der Waals surface area (Å²) in [5.74, 6) is 1.47. The van der Waals surface area contributed by atoms with E-state index in [0.29, 0.717) is 36.8 Å². The number of nitrogens with one attached hydrogen (secondary N) is 1. The fourth-order valence-corrected chi connectivity index (χ4v) is 3.29. The highest BCUT2D eigenvalue weighted by atomic mass is 16.5. The van der Waals surface area contributed by atoms with Crippen LogP contribution in [0.5, 0.6) is 17.2 Å². The molecule has 2 amide bonds. The van der Waals surface area contributed by atoms with Gasteiger partial charge >= 0.3 is 0 Å². The van der Waals surface area contributed by atoms with Crippen molar-refractivity contribution in [1.82, 2.24) is 10.2 Å². The van der Waals surface area contributed by atoms with Crippen LogP contribution in [-0.2, 0) is 11.3 Å². The molecule has 0 aromatic heterocycles. The van der Waals surface area contributed by atoms with Gasteiger partial charge in [0.1, 0.15) is 5.75 Å². The van der Waals surface area contributed by atoms with E-state index in [9.17, 15) is 9.59 Å². The molecule has 2 aromatic rings. The Morgan fingerprint density at radius 1 is 1.00 bits per heavy atom. The maximum atomic E-state index is 12.8. The van der Waals surface area contributed by atoms with Crippen molar-refractivity contribution >= 4 is 11.8 Å². The molecule has 0 unspecified atom stereocenters. The third-order valence-electron chi connectivity index (χ3n) is 5.03. The zero-order valence-electron chi connectivity index (χ0n) is 18.3. The molecule has 2 aromatic carbocycles. The molecule has 1 aliphatic rings. The quantitative estimate of drug-likeness (QED) is 0.596. The van der Waals surface area contributed by atoms with Gasteiger partial charge in [-0.2, -0.15) is 0 Å². The van der Waals surface area contributed by atoms with E-state index in [1.165, 1.54) is 0 Å². The molecule has 1 aliphatic carbocycles. The zero-order chi connectivity index (χ0) is 22.2. The van der Waals surface area contributed by atoms with Crippen LogP contribution >= 0.6 is 0 Å². The van der Waals surface area contributed by atoms with Gasteiger partial charge in [0, 0.05) is 18.2 Å². The first-order chi connectivity index (χ1) is 15.0. The van der Waals surface area contributed by atoms with Crippen molar-refractivity contribution in [3.05, 3.63) is 53.6 Å². The third-order valence-corrected chi connectivity index (χ3v) is 5.03. The van der Waals surface area contributed by atoms with Gasteiger partial charge in [0.05, 0.1) is 26.9 Å². The predicted molar refractivity (Wildman–Crippen MR) is 118 cm³/mol. The molecule has 0 atom stereocenters. The minimum atomic E-state index is -0.322.